The number of alkyl halides is 1. The van der Waals surface area contributed by atoms with Crippen molar-refractivity contribution in [3.05, 3.63) is 0 Å². The van der Waals surface area contributed by atoms with E-state index in [2.05, 4.69) is 0 Å². The van der Waals surface area contributed by atoms with E-state index >= 15 is 0 Å². The predicted octanol–water partition coefficient (Wildman–Crippen LogP) is 1.27. The molecule has 0 amide bonds. The SMILES string of the molecule is CCOC(Cl)COCCOCCOC. The monoisotopic (exact) mass is 226 g/mol. The molecule has 0 N–H and O–H groups in total. The summed E-state index contributed by atoms with van der Waals surface area (Å²) in [5, 5.41) is 0. The lowest BCUT2D eigenvalue weighted by atomic mass is 10.7. The standard InChI is InChI=1S/C9H19ClO4/c1-3-14-9(10)8-13-7-6-12-5-4-11-2/h9H,3-8H2,1-2H3. The molecule has 0 bridgehead atoms. The second-order valence-electron chi connectivity index (χ2n) is 2.55. The lowest BCUT2D eigenvalue weighted by Crippen LogP contribution is -2.16. The molecule has 0 fully saturated rings. The van der Waals surface area contributed by atoms with Crippen molar-refractivity contribution in [1.29, 1.82) is 0 Å². The van der Waals surface area contributed by atoms with Crippen molar-refractivity contribution in [2.45, 2.75) is 12.5 Å². The van der Waals surface area contributed by atoms with Gasteiger partial charge in [0.05, 0.1) is 33.0 Å². The molecule has 0 rings (SSSR count). The fourth-order valence-electron chi connectivity index (χ4n) is 0.767. The van der Waals surface area contributed by atoms with Crippen LogP contribution in [0, 0.1) is 0 Å². The van der Waals surface area contributed by atoms with Gasteiger partial charge in [0.15, 0.2) is 5.56 Å². The van der Waals surface area contributed by atoms with Gasteiger partial charge in [0, 0.05) is 13.7 Å². The average molecular weight is 227 g/mol. The van der Waals surface area contributed by atoms with Crippen LogP contribution in [0.25, 0.3) is 0 Å². The van der Waals surface area contributed by atoms with E-state index < -0.39 is 0 Å². The minimum Gasteiger partial charge on any atom is -0.382 e. The molecule has 0 aliphatic carbocycles. The number of ether oxygens (including phenoxy) is 4. The molecular formula is C9H19ClO4. The Morgan fingerprint density at radius 3 is 2.36 bits per heavy atom. The first-order chi connectivity index (χ1) is 6.81. The first-order valence-corrected chi connectivity index (χ1v) is 5.15. The molecule has 0 spiro atoms. The average Bonchev–Trinajstić information content (AvgIpc) is 2.17. The Hall–Kier alpha value is 0.130. The van der Waals surface area contributed by atoms with Crippen LogP contribution in [0.2, 0.25) is 0 Å². The highest BCUT2D eigenvalue weighted by atomic mass is 35.5. The largest absolute Gasteiger partial charge is 0.382 e. The molecule has 1 unspecified atom stereocenters. The van der Waals surface area contributed by atoms with Crippen LogP contribution in [0.5, 0.6) is 0 Å². The number of halogens is 1. The molecule has 0 saturated carbocycles. The lowest BCUT2D eigenvalue weighted by Gasteiger charge is -2.10. The van der Waals surface area contributed by atoms with Crippen molar-refractivity contribution >= 4 is 11.6 Å². The summed E-state index contributed by atoms with van der Waals surface area (Å²) in [6, 6.07) is 0. The maximum Gasteiger partial charge on any atom is 0.154 e. The van der Waals surface area contributed by atoms with Crippen LogP contribution < -0.4 is 0 Å². The fourth-order valence-corrected chi connectivity index (χ4v) is 0.982. The second kappa shape index (κ2) is 11.2. The quantitative estimate of drug-likeness (QED) is 0.415. The van der Waals surface area contributed by atoms with Crippen molar-refractivity contribution in [3.63, 3.8) is 0 Å². The summed E-state index contributed by atoms with van der Waals surface area (Å²) >= 11 is 5.74. The minimum atomic E-state index is -0.362. The van der Waals surface area contributed by atoms with Gasteiger partial charge in [-0.25, -0.2) is 0 Å². The summed E-state index contributed by atoms with van der Waals surface area (Å²) in [5.74, 6) is 0. The van der Waals surface area contributed by atoms with Gasteiger partial charge in [0.2, 0.25) is 0 Å². The third kappa shape index (κ3) is 10.2. The highest BCUT2D eigenvalue weighted by molar-refractivity contribution is 6.19. The Morgan fingerprint density at radius 2 is 1.71 bits per heavy atom. The van der Waals surface area contributed by atoms with Crippen LogP contribution in [0.4, 0.5) is 0 Å². The molecule has 0 heterocycles. The summed E-state index contributed by atoms with van der Waals surface area (Å²) < 4.78 is 20.3. The Bertz CT molecular complexity index is 113. The van der Waals surface area contributed by atoms with Crippen LogP contribution in [0.3, 0.4) is 0 Å². The van der Waals surface area contributed by atoms with E-state index in [1.165, 1.54) is 0 Å². The van der Waals surface area contributed by atoms with Crippen LogP contribution >= 0.6 is 11.6 Å². The Labute approximate surface area is 90.4 Å². The van der Waals surface area contributed by atoms with E-state index in [-0.39, 0.29) is 5.56 Å². The number of hydrogen-bond donors (Lipinski definition) is 0. The second-order valence-corrected chi connectivity index (χ2v) is 3.03. The molecule has 1 atom stereocenters. The molecule has 4 nitrogen and oxygen atoms in total. The van der Waals surface area contributed by atoms with E-state index in [0.717, 1.165) is 0 Å². The first-order valence-electron chi connectivity index (χ1n) is 4.71. The van der Waals surface area contributed by atoms with Crippen molar-refractivity contribution in [3.8, 4) is 0 Å². The zero-order chi connectivity index (χ0) is 10.6. The Morgan fingerprint density at radius 1 is 1.07 bits per heavy atom. The maximum absolute atomic E-state index is 5.74. The smallest absolute Gasteiger partial charge is 0.154 e. The summed E-state index contributed by atoms with van der Waals surface area (Å²) in [5.41, 5.74) is -0.362. The normalized spacial score (nSPS) is 13.1. The summed E-state index contributed by atoms with van der Waals surface area (Å²) in [4.78, 5) is 0. The van der Waals surface area contributed by atoms with Gasteiger partial charge in [0.25, 0.3) is 0 Å². The van der Waals surface area contributed by atoms with Gasteiger partial charge in [-0.2, -0.15) is 0 Å². The van der Waals surface area contributed by atoms with Gasteiger partial charge < -0.3 is 18.9 Å². The van der Waals surface area contributed by atoms with E-state index in [9.17, 15) is 0 Å². The van der Waals surface area contributed by atoms with E-state index in [1.54, 1.807) is 7.11 Å². The molecule has 0 aromatic carbocycles. The predicted molar refractivity (Wildman–Crippen MR) is 54.8 cm³/mol. The number of rotatable bonds is 10. The molecule has 0 aromatic rings. The first kappa shape index (κ1) is 14.1. The van der Waals surface area contributed by atoms with E-state index in [0.29, 0.717) is 39.6 Å². The molecular weight excluding hydrogens is 208 g/mol. The van der Waals surface area contributed by atoms with Gasteiger partial charge in [0.1, 0.15) is 0 Å². The molecule has 0 aliphatic rings. The van der Waals surface area contributed by atoms with Gasteiger partial charge in [-0.05, 0) is 6.92 Å². The van der Waals surface area contributed by atoms with Gasteiger partial charge in [-0.15, -0.1) is 0 Å². The summed E-state index contributed by atoms with van der Waals surface area (Å²) in [6.45, 7) is 5.17. The summed E-state index contributed by atoms with van der Waals surface area (Å²) in [7, 11) is 1.64. The van der Waals surface area contributed by atoms with E-state index in [4.69, 9.17) is 30.5 Å². The molecule has 86 valence electrons. The van der Waals surface area contributed by atoms with Crippen LogP contribution in [0.15, 0.2) is 0 Å². The fraction of sp³-hybridized carbons (Fsp3) is 1.00. The molecule has 0 aliphatic heterocycles. The number of hydrogen-bond acceptors (Lipinski definition) is 4. The van der Waals surface area contributed by atoms with Crippen LogP contribution in [-0.2, 0) is 18.9 Å². The van der Waals surface area contributed by atoms with Crippen LogP contribution in [-0.4, -0.2) is 52.3 Å². The topological polar surface area (TPSA) is 36.9 Å². The lowest BCUT2D eigenvalue weighted by molar-refractivity contribution is -0.00525. The zero-order valence-corrected chi connectivity index (χ0v) is 9.59. The number of methoxy groups -OCH3 is 1. The van der Waals surface area contributed by atoms with Crippen molar-refractivity contribution in [1.82, 2.24) is 0 Å². The van der Waals surface area contributed by atoms with Crippen molar-refractivity contribution in [2.75, 3.05) is 46.8 Å². The molecule has 0 saturated heterocycles. The van der Waals surface area contributed by atoms with Gasteiger partial charge in [-0.1, -0.05) is 11.6 Å². The van der Waals surface area contributed by atoms with Gasteiger partial charge >= 0.3 is 0 Å². The third-order valence-corrected chi connectivity index (χ3v) is 1.65. The highest BCUT2D eigenvalue weighted by Gasteiger charge is 2.02. The van der Waals surface area contributed by atoms with Crippen molar-refractivity contribution in [2.24, 2.45) is 0 Å². The Balaban J connectivity index is 2.98. The maximum atomic E-state index is 5.74. The minimum absolute atomic E-state index is 0.362. The molecule has 14 heavy (non-hydrogen) atoms. The molecule has 0 aromatic heterocycles. The molecule has 0 radical (unpaired) electrons. The molecule has 5 heteroatoms. The van der Waals surface area contributed by atoms with Crippen molar-refractivity contribution < 1.29 is 18.9 Å². The third-order valence-electron chi connectivity index (χ3n) is 1.40. The van der Waals surface area contributed by atoms with Crippen LogP contribution in [0.1, 0.15) is 6.92 Å². The highest BCUT2D eigenvalue weighted by Crippen LogP contribution is 1.98. The zero-order valence-electron chi connectivity index (χ0n) is 8.83. The summed E-state index contributed by atoms with van der Waals surface area (Å²) in [6.07, 6.45) is 0. The van der Waals surface area contributed by atoms with Gasteiger partial charge in [-0.3, -0.25) is 0 Å². The van der Waals surface area contributed by atoms with E-state index in [1.807, 2.05) is 6.92 Å². The Kier molecular flexibility index (Phi) is 11.3.